The van der Waals surface area contributed by atoms with E-state index in [1.165, 1.54) is 12.8 Å². The highest BCUT2D eigenvalue weighted by molar-refractivity contribution is 5.09. The molecule has 27 heavy (non-hydrogen) atoms. The summed E-state index contributed by atoms with van der Waals surface area (Å²) in [5.74, 6) is -1.83. The number of hydrogen-bond donors (Lipinski definition) is 0. The third kappa shape index (κ3) is 8.78. The Labute approximate surface area is 167 Å². The summed E-state index contributed by atoms with van der Waals surface area (Å²) in [6.45, 7) is 14.5. The van der Waals surface area contributed by atoms with E-state index in [1.807, 2.05) is 20.8 Å². The Morgan fingerprint density at radius 1 is 0.667 bits per heavy atom. The van der Waals surface area contributed by atoms with Crippen LogP contribution in [0.1, 0.15) is 106 Å². The van der Waals surface area contributed by atoms with Crippen molar-refractivity contribution in [3.63, 3.8) is 0 Å². The van der Waals surface area contributed by atoms with Crippen LogP contribution >= 0.6 is 0 Å². The summed E-state index contributed by atoms with van der Waals surface area (Å²) in [4.78, 5) is 11.4. The summed E-state index contributed by atoms with van der Waals surface area (Å²) in [6.07, 6.45) is 10.5. The zero-order valence-electron chi connectivity index (χ0n) is 18.7. The van der Waals surface area contributed by atoms with Gasteiger partial charge in [0.1, 0.15) is 0 Å². The maximum absolute atomic E-state index is 6.30. The van der Waals surface area contributed by atoms with Crippen molar-refractivity contribution in [1.29, 1.82) is 0 Å². The first-order chi connectivity index (χ1) is 12.8. The molecule has 0 N–H and O–H groups in total. The molecule has 0 saturated heterocycles. The van der Waals surface area contributed by atoms with Gasteiger partial charge in [-0.3, -0.25) is 0 Å². The van der Waals surface area contributed by atoms with Crippen molar-refractivity contribution in [2.24, 2.45) is 0 Å². The second kappa shape index (κ2) is 12.4. The predicted molar refractivity (Wildman–Crippen MR) is 108 cm³/mol. The van der Waals surface area contributed by atoms with Gasteiger partial charge < -0.3 is 14.2 Å². The maximum atomic E-state index is 6.30. The molecule has 0 spiro atoms. The summed E-state index contributed by atoms with van der Waals surface area (Å²) >= 11 is 0. The highest BCUT2D eigenvalue weighted by Gasteiger charge is 2.77. The molecule has 0 amide bonds. The molecule has 0 aromatic carbocycles. The van der Waals surface area contributed by atoms with Gasteiger partial charge in [-0.1, -0.05) is 59.3 Å². The first-order valence-electron chi connectivity index (χ1n) is 11.1. The van der Waals surface area contributed by atoms with Crippen LogP contribution in [0.5, 0.6) is 0 Å². The molecule has 162 valence electrons. The van der Waals surface area contributed by atoms with Gasteiger partial charge in [-0.2, -0.15) is 4.89 Å². The fourth-order valence-corrected chi connectivity index (χ4v) is 3.03. The summed E-state index contributed by atoms with van der Waals surface area (Å²) in [5.41, 5.74) is -0.356. The molecule has 2 atom stereocenters. The molecule has 1 aliphatic carbocycles. The average molecular weight is 389 g/mol. The van der Waals surface area contributed by atoms with Gasteiger partial charge in [0.15, 0.2) is 0 Å². The van der Waals surface area contributed by atoms with Gasteiger partial charge in [0.05, 0.1) is 31.8 Å². The zero-order chi connectivity index (χ0) is 20.2. The molecule has 2 unspecified atom stereocenters. The molecule has 1 rings (SSSR count). The van der Waals surface area contributed by atoms with Gasteiger partial charge in [0.2, 0.25) is 5.79 Å². The Hall–Kier alpha value is -0.200. The molecule has 0 aliphatic heterocycles. The van der Waals surface area contributed by atoms with Crippen molar-refractivity contribution < 1.29 is 24.0 Å². The lowest BCUT2D eigenvalue weighted by Gasteiger charge is -2.31. The van der Waals surface area contributed by atoms with E-state index in [2.05, 4.69) is 20.8 Å². The van der Waals surface area contributed by atoms with E-state index in [4.69, 9.17) is 24.0 Å². The lowest BCUT2D eigenvalue weighted by molar-refractivity contribution is -0.431. The van der Waals surface area contributed by atoms with Crippen molar-refractivity contribution in [2.45, 2.75) is 123 Å². The van der Waals surface area contributed by atoms with Gasteiger partial charge in [-0.25, -0.2) is 4.89 Å². The van der Waals surface area contributed by atoms with Gasteiger partial charge in [0.25, 0.3) is 5.79 Å². The second-order valence-electron chi connectivity index (χ2n) is 8.62. The Kier molecular flexibility index (Phi) is 11.4. The number of ether oxygens (including phenoxy) is 3. The zero-order valence-corrected chi connectivity index (χ0v) is 18.7. The third-order valence-corrected chi connectivity index (χ3v) is 4.58. The van der Waals surface area contributed by atoms with Gasteiger partial charge in [-0.15, -0.1) is 0 Å². The fraction of sp³-hybridized carbons (Fsp3) is 1.00. The SMILES string of the molecule is CCCCCCOOC1(OCCCCC)CC1(OCCCC)OC(C)(C)C. The van der Waals surface area contributed by atoms with E-state index in [-0.39, 0.29) is 5.60 Å². The highest BCUT2D eigenvalue weighted by atomic mass is 17.2. The first kappa shape index (κ1) is 24.8. The first-order valence-corrected chi connectivity index (χ1v) is 11.1. The molecule has 0 bridgehead atoms. The Bertz CT molecular complexity index is 381. The fourth-order valence-electron chi connectivity index (χ4n) is 3.03. The highest BCUT2D eigenvalue weighted by Crippen LogP contribution is 2.57. The van der Waals surface area contributed by atoms with Crippen LogP contribution in [0.25, 0.3) is 0 Å². The molecule has 0 aromatic heterocycles. The van der Waals surface area contributed by atoms with Crippen molar-refractivity contribution in [1.82, 2.24) is 0 Å². The molecule has 0 aromatic rings. The molecular weight excluding hydrogens is 344 g/mol. The number of hydrogen-bond acceptors (Lipinski definition) is 5. The molecule has 1 saturated carbocycles. The van der Waals surface area contributed by atoms with Crippen molar-refractivity contribution in [2.75, 3.05) is 19.8 Å². The van der Waals surface area contributed by atoms with Crippen LogP contribution in [0.2, 0.25) is 0 Å². The van der Waals surface area contributed by atoms with E-state index in [9.17, 15) is 0 Å². The van der Waals surface area contributed by atoms with Crippen LogP contribution in [-0.4, -0.2) is 37.0 Å². The van der Waals surface area contributed by atoms with Gasteiger partial charge >= 0.3 is 0 Å². The monoisotopic (exact) mass is 388 g/mol. The average Bonchev–Trinajstić information content (AvgIpc) is 3.19. The molecule has 0 heterocycles. The Morgan fingerprint density at radius 3 is 1.85 bits per heavy atom. The van der Waals surface area contributed by atoms with Gasteiger partial charge in [-0.05, 0) is 40.0 Å². The van der Waals surface area contributed by atoms with E-state index in [1.54, 1.807) is 0 Å². The molecule has 1 aliphatic rings. The standard InChI is InChI=1S/C22H44O5/c1-7-10-13-15-18-25-27-22(24-17-14-11-8-2)19-21(22,23-16-12-9-3)26-20(4,5)6/h7-19H2,1-6H3. The Balaban J connectivity index is 2.69. The summed E-state index contributed by atoms with van der Waals surface area (Å²) < 4.78 is 18.6. The van der Waals surface area contributed by atoms with E-state index >= 15 is 0 Å². The van der Waals surface area contributed by atoms with Crippen LogP contribution in [0.15, 0.2) is 0 Å². The van der Waals surface area contributed by atoms with Gasteiger partial charge in [0, 0.05) is 0 Å². The van der Waals surface area contributed by atoms with Crippen LogP contribution < -0.4 is 0 Å². The lowest BCUT2D eigenvalue weighted by Crippen LogP contribution is -2.41. The molecule has 5 nitrogen and oxygen atoms in total. The lowest BCUT2D eigenvalue weighted by atomic mass is 10.2. The van der Waals surface area contributed by atoms with Crippen molar-refractivity contribution in [3.8, 4) is 0 Å². The largest absolute Gasteiger partial charge is 0.345 e. The summed E-state index contributed by atoms with van der Waals surface area (Å²) in [7, 11) is 0. The van der Waals surface area contributed by atoms with Crippen LogP contribution in [-0.2, 0) is 24.0 Å². The minimum atomic E-state index is -0.952. The van der Waals surface area contributed by atoms with Crippen LogP contribution in [0.4, 0.5) is 0 Å². The molecule has 5 heteroatoms. The van der Waals surface area contributed by atoms with Crippen LogP contribution in [0, 0.1) is 0 Å². The minimum Gasteiger partial charge on any atom is -0.345 e. The number of rotatable bonds is 17. The summed E-state index contributed by atoms with van der Waals surface area (Å²) in [5, 5.41) is 0. The van der Waals surface area contributed by atoms with Crippen molar-refractivity contribution in [3.05, 3.63) is 0 Å². The van der Waals surface area contributed by atoms with Crippen molar-refractivity contribution >= 4 is 0 Å². The number of unbranched alkanes of at least 4 members (excludes halogenated alkanes) is 6. The van der Waals surface area contributed by atoms with E-state index in [0.717, 1.165) is 44.9 Å². The molecular formula is C22H44O5. The normalized spacial score (nSPS) is 25.1. The smallest absolute Gasteiger partial charge is 0.261 e. The second-order valence-corrected chi connectivity index (χ2v) is 8.62. The predicted octanol–water partition coefficient (Wildman–Crippen LogP) is 6.15. The quantitative estimate of drug-likeness (QED) is 0.129. The van der Waals surface area contributed by atoms with E-state index < -0.39 is 11.6 Å². The topological polar surface area (TPSA) is 46.2 Å². The van der Waals surface area contributed by atoms with E-state index in [0.29, 0.717) is 26.2 Å². The summed E-state index contributed by atoms with van der Waals surface area (Å²) in [6, 6.07) is 0. The molecule has 1 fully saturated rings. The minimum absolute atomic E-state index is 0.356. The third-order valence-electron chi connectivity index (χ3n) is 4.58. The van der Waals surface area contributed by atoms with Crippen LogP contribution in [0.3, 0.4) is 0 Å². The maximum Gasteiger partial charge on any atom is 0.261 e. The molecule has 0 radical (unpaired) electrons. The Morgan fingerprint density at radius 2 is 1.22 bits per heavy atom.